The maximum atomic E-state index is 11.3. The molecule has 0 aliphatic heterocycles. The summed E-state index contributed by atoms with van der Waals surface area (Å²) >= 11 is 0. The number of hydrogen-bond donors (Lipinski definition) is 1. The summed E-state index contributed by atoms with van der Waals surface area (Å²) in [5, 5.41) is 9.21. The number of imidazole rings is 1. The highest BCUT2D eigenvalue weighted by Gasteiger charge is 2.17. The third-order valence-corrected chi connectivity index (χ3v) is 2.78. The lowest BCUT2D eigenvalue weighted by Gasteiger charge is -1.95. The zero-order chi connectivity index (χ0) is 10.3. The normalized spacial score (nSPS) is 12.1. The van der Waals surface area contributed by atoms with Crippen molar-refractivity contribution < 1.29 is 13.5 Å². The van der Waals surface area contributed by atoms with Gasteiger partial charge in [-0.05, 0) is 12.1 Å². The first kappa shape index (κ1) is 9.01. The summed E-state index contributed by atoms with van der Waals surface area (Å²) < 4.78 is 23.9. The topological polar surface area (TPSA) is 71.7 Å². The average molecular weight is 212 g/mol. The molecule has 2 aromatic rings. The molecule has 2 heterocycles. The van der Waals surface area contributed by atoms with Crippen molar-refractivity contribution in [1.29, 1.82) is 0 Å². The van der Waals surface area contributed by atoms with Crippen LogP contribution in [0, 0.1) is 0 Å². The van der Waals surface area contributed by atoms with Gasteiger partial charge in [-0.1, -0.05) is 6.07 Å². The average Bonchev–Trinajstić information content (AvgIpc) is 2.44. The Bertz CT molecular complexity index is 586. The van der Waals surface area contributed by atoms with E-state index in [-0.39, 0.29) is 11.0 Å². The van der Waals surface area contributed by atoms with Crippen LogP contribution in [0.25, 0.3) is 5.52 Å². The molecule has 0 aromatic carbocycles. The van der Waals surface area contributed by atoms with Gasteiger partial charge in [0.1, 0.15) is 5.52 Å². The molecule has 0 saturated heterocycles. The number of pyridine rings is 1. The minimum atomic E-state index is -3.42. The van der Waals surface area contributed by atoms with Crippen molar-refractivity contribution in [1.82, 2.24) is 9.38 Å². The van der Waals surface area contributed by atoms with Crippen LogP contribution in [0.15, 0.2) is 29.6 Å². The second-order valence-corrected chi connectivity index (χ2v) is 4.86. The molecule has 0 radical (unpaired) electrons. The number of aromatic hydroxyl groups is 1. The standard InChI is InChI=1S/C8H8N2O3S/c1-14(12,13)8-9-7(11)6-4-2-3-5-10(6)8/h2-5,11H,1H3. The molecule has 0 fully saturated rings. The summed E-state index contributed by atoms with van der Waals surface area (Å²) in [6.45, 7) is 0. The van der Waals surface area contributed by atoms with E-state index in [1.807, 2.05) is 0 Å². The minimum Gasteiger partial charge on any atom is -0.492 e. The number of nitrogens with zero attached hydrogens (tertiary/aromatic N) is 2. The molecule has 74 valence electrons. The van der Waals surface area contributed by atoms with Gasteiger partial charge in [-0.25, -0.2) is 8.42 Å². The van der Waals surface area contributed by atoms with Crippen molar-refractivity contribution in [2.75, 3.05) is 6.26 Å². The fraction of sp³-hybridized carbons (Fsp3) is 0.125. The van der Waals surface area contributed by atoms with Crippen molar-refractivity contribution in [3.05, 3.63) is 24.4 Å². The van der Waals surface area contributed by atoms with Gasteiger partial charge in [-0.2, -0.15) is 4.98 Å². The smallest absolute Gasteiger partial charge is 0.238 e. The number of rotatable bonds is 1. The maximum Gasteiger partial charge on any atom is 0.238 e. The van der Waals surface area contributed by atoms with Crippen LogP contribution < -0.4 is 0 Å². The maximum absolute atomic E-state index is 11.3. The fourth-order valence-corrected chi connectivity index (χ4v) is 2.02. The second-order valence-electron chi connectivity index (χ2n) is 2.95. The van der Waals surface area contributed by atoms with Gasteiger partial charge in [-0.3, -0.25) is 4.40 Å². The Hall–Kier alpha value is -1.56. The van der Waals surface area contributed by atoms with Crippen LogP contribution in [0.1, 0.15) is 0 Å². The zero-order valence-corrected chi connectivity index (χ0v) is 8.19. The lowest BCUT2D eigenvalue weighted by molar-refractivity contribution is 0.458. The van der Waals surface area contributed by atoms with E-state index in [0.717, 1.165) is 6.26 Å². The predicted molar refractivity (Wildman–Crippen MR) is 50.0 cm³/mol. The number of aromatic nitrogens is 2. The highest BCUT2D eigenvalue weighted by Crippen LogP contribution is 2.20. The number of hydrogen-bond acceptors (Lipinski definition) is 4. The van der Waals surface area contributed by atoms with E-state index in [2.05, 4.69) is 4.98 Å². The Labute approximate surface area is 80.6 Å². The highest BCUT2D eigenvalue weighted by atomic mass is 32.2. The quantitative estimate of drug-likeness (QED) is 0.744. The van der Waals surface area contributed by atoms with Crippen LogP contribution in [-0.2, 0) is 9.84 Å². The molecule has 14 heavy (non-hydrogen) atoms. The predicted octanol–water partition coefficient (Wildman–Crippen LogP) is 0.443. The molecule has 0 aliphatic carbocycles. The van der Waals surface area contributed by atoms with E-state index >= 15 is 0 Å². The molecule has 0 saturated carbocycles. The Morgan fingerprint density at radius 2 is 2.14 bits per heavy atom. The van der Waals surface area contributed by atoms with Gasteiger partial charge in [0.25, 0.3) is 0 Å². The molecule has 5 nitrogen and oxygen atoms in total. The van der Waals surface area contributed by atoms with E-state index < -0.39 is 9.84 Å². The van der Waals surface area contributed by atoms with Crippen LogP contribution in [0.4, 0.5) is 0 Å². The van der Waals surface area contributed by atoms with Gasteiger partial charge in [0.05, 0.1) is 0 Å². The number of sulfone groups is 1. The largest absolute Gasteiger partial charge is 0.492 e. The van der Waals surface area contributed by atoms with Crippen molar-refractivity contribution in [3.63, 3.8) is 0 Å². The van der Waals surface area contributed by atoms with Crippen molar-refractivity contribution in [2.24, 2.45) is 0 Å². The number of fused-ring (bicyclic) bond motifs is 1. The van der Waals surface area contributed by atoms with E-state index in [9.17, 15) is 13.5 Å². The van der Waals surface area contributed by atoms with Gasteiger partial charge in [-0.15, -0.1) is 0 Å². The van der Waals surface area contributed by atoms with Gasteiger partial charge in [0.2, 0.25) is 20.9 Å². The molecule has 0 amide bonds. The highest BCUT2D eigenvalue weighted by molar-refractivity contribution is 7.90. The van der Waals surface area contributed by atoms with E-state index in [4.69, 9.17) is 0 Å². The SMILES string of the molecule is CS(=O)(=O)c1nc(O)c2ccccn12. The Morgan fingerprint density at radius 3 is 2.79 bits per heavy atom. The first-order chi connectivity index (χ1) is 6.50. The Balaban J connectivity index is 2.93. The fourth-order valence-electron chi connectivity index (χ4n) is 1.26. The second kappa shape index (κ2) is 2.71. The summed E-state index contributed by atoms with van der Waals surface area (Å²) in [7, 11) is -3.42. The van der Waals surface area contributed by atoms with E-state index in [1.165, 1.54) is 4.40 Å². The molecule has 6 heteroatoms. The van der Waals surface area contributed by atoms with Crippen LogP contribution in [0.3, 0.4) is 0 Å². The minimum absolute atomic E-state index is 0.148. The summed E-state index contributed by atoms with van der Waals surface area (Å²) in [4.78, 5) is 3.59. The Kier molecular flexibility index (Phi) is 1.75. The first-order valence-electron chi connectivity index (χ1n) is 3.86. The summed E-state index contributed by atoms with van der Waals surface area (Å²) in [5.74, 6) is -0.272. The molecular weight excluding hydrogens is 204 g/mol. The summed E-state index contributed by atoms with van der Waals surface area (Å²) in [5.41, 5.74) is 0.382. The van der Waals surface area contributed by atoms with Crippen molar-refractivity contribution >= 4 is 15.4 Å². The van der Waals surface area contributed by atoms with Crippen LogP contribution in [-0.4, -0.2) is 29.2 Å². The molecular formula is C8H8N2O3S. The lowest BCUT2D eigenvalue weighted by Crippen LogP contribution is -2.02. The third-order valence-electron chi connectivity index (χ3n) is 1.83. The molecule has 0 spiro atoms. The molecule has 1 N–H and O–H groups in total. The lowest BCUT2D eigenvalue weighted by atomic mass is 10.4. The molecule has 0 atom stereocenters. The van der Waals surface area contributed by atoms with E-state index in [0.29, 0.717) is 5.52 Å². The molecule has 2 rings (SSSR count). The zero-order valence-electron chi connectivity index (χ0n) is 7.38. The summed E-state index contributed by atoms with van der Waals surface area (Å²) in [6, 6.07) is 4.96. The molecule has 0 aliphatic rings. The molecule has 0 unspecified atom stereocenters. The van der Waals surface area contributed by atoms with Crippen molar-refractivity contribution in [3.8, 4) is 5.88 Å². The van der Waals surface area contributed by atoms with Crippen LogP contribution in [0.2, 0.25) is 0 Å². The third kappa shape index (κ3) is 1.24. The first-order valence-corrected chi connectivity index (χ1v) is 5.75. The summed E-state index contributed by atoms with van der Waals surface area (Å²) in [6.07, 6.45) is 2.59. The van der Waals surface area contributed by atoms with Crippen molar-refractivity contribution in [2.45, 2.75) is 5.16 Å². The van der Waals surface area contributed by atoms with Crippen LogP contribution >= 0.6 is 0 Å². The van der Waals surface area contributed by atoms with Gasteiger partial charge in [0, 0.05) is 12.5 Å². The molecule has 2 aromatic heterocycles. The van der Waals surface area contributed by atoms with Gasteiger partial charge < -0.3 is 5.11 Å². The monoisotopic (exact) mass is 212 g/mol. The Morgan fingerprint density at radius 1 is 1.43 bits per heavy atom. The van der Waals surface area contributed by atoms with Gasteiger partial charge in [0.15, 0.2) is 0 Å². The van der Waals surface area contributed by atoms with Gasteiger partial charge >= 0.3 is 0 Å². The molecule has 0 bridgehead atoms. The van der Waals surface area contributed by atoms with Crippen LogP contribution in [0.5, 0.6) is 5.88 Å². The van der Waals surface area contributed by atoms with E-state index in [1.54, 1.807) is 24.4 Å².